The Kier molecular flexibility index (Phi) is 9.37. The van der Waals surface area contributed by atoms with Crippen LogP contribution in [0.2, 0.25) is 0 Å². The van der Waals surface area contributed by atoms with Crippen molar-refractivity contribution in [2.24, 2.45) is 4.99 Å². The van der Waals surface area contributed by atoms with Crippen molar-refractivity contribution in [3.8, 4) is 17.2 Å². The lowest BCUT2D eigenvalue weighted by molar-refractivity contribution is 0.393. The third kappa shape index (κ3) is 6.52. The van der Waals surface area contributed by atoms with Gasteiger partial charge >= 0.3 is 0 Å². The number of hydrogen-bond acceptors (Lipinski definition) is 6. The quantitative estimate of drug-likeness (QED) is 0.253. The third-order valence-corrected chi connectivity index (χ3v) is 5.84. The van der Waals surface area contributed by atoms with Gasteiger partial charge in [0, 0.05) is 56.6 Å². The lowest BCUT2D eigenvalue weighted by atomic mass is 10.0. The predicted molar refractivity (Wildman–Crippen MR) is 145 cm³/mol. The van der Waals surface area contributed by atoms with Crippen molar-refractivity contribution in [1.82, 2.24) is 25.4 Å². The molecule has 2 heterocycles. The summed E-state index contributed by atoms with van der Waals surface area (Å²) in [5.41, 5.74) is 3.28. The summed E-state index contributed by atoms with van der Waals surface area (Å²) in [5, 5.41) is 11.1. The van der Waals surface area contributed by atoms with Crippen LogP contribution in [0.3, 0.4) is 0 Å². The number of nitrogens with zero attached hydrogens (tertiary/aromatic N) is 5. The molecule has 0 spiro atoms. The van der Waals surface area contributed by atoms with Crippen LogP contribution in [0, 0.1) is 0 Å². The van der Waals surface area contributed by atoms with E-state index < -0.39 is 0 Å². The Morgan fingerprint density at radius 2 is 1.71 bits per heavy atom. The summed E-state index contributed by atoms with van der Waals surface area (Å²) in [7, 11) is 5.16. The number of aromatic nitrogens is 3. The maximum Gasteiger partial charge on any atom is 0.191 e. The van der Waals surface area contributed by atoms with Crippen LogP contribution >= 0.6 is 24.0 Å². The first-order valence-corrected chi connectivity index (χ1v) is 11.1. The average molecular weight is 577 g/mol. The fourth-order valence-corrected chi connectivity index (χ4v) is 3.94. The first-order chi connectivity index (χ1) is 16.2. The highest BCUT2D eigenvalue weighted by atomic mass is 127. The molecule has 1 fully saturated rings. The normalized spacial score (nSPS) is 14.3. The summed E-state index contributed by atoms with van der Waals surface area (Å²) in [6, 6.07) is 14.6. The van der Waals surface area contributed by atoms with Gasteiger partial charge in [0.15, 0.2) is 5.96 Å². The van der Waals surface area contributed by atoms with E-state index in [2.05, 4.69) is 54.9 Å². The molecule has 1 aromatic heterocycles. The minimum absolute atomic E-state index is 0. The van der Waals surface area contributed by atoms with Crippen LogP contribution in [0.5, 0.6) is 11.5 Å². The van der Waals surface area contributed by atoms with Gasteiger partial charge in [-0.15, -0.1) is 24.0 Å². The van der Waals surface area contributed by atoms with E-state index in [9.17, 15) is 0 Å². The second-order valence-electron chi connectivity index (χ2n) is 7.91. The van der Waals surface area contributed by atoms with Gasteiger partial charge in [-0.3, -0.25) is 4.99 Å². The van der Waals surface area contributed by atoms with Crippen molar-refractivity contribution in [3.63, 3.8) is 0 Å². The molecule has 0 saturated carbocycles. The summed E-state index contributed by atoms with van der Waals surface area (Å²) in [6.07, 6.45) is 5.26. The summed E-state index contributed by atoms with van der Waals surface area (Å²) >= 11 is 0. The average Bonchev–Trinajstić information content (AvgIpc) is 3.42. The summed E-state index contributed by atoms with van der Waals surface area (Å²) in [5.74, 6) is 2.43. The summed E-state index contributed by atoms with van der Waals surface area (Å²) in [6.45, 7) is 2.60. The lowest BCUT2D eigenvalue weighted by Crippen LogP contribution is -2.48. The molecule has 10 heteroatoms. The molecule has 3 aromatic rings. The number of piperidine rings is 1. The van der Waals surface area contributed by atoms with Crippen molar-refractivity contribution in [1.29, 1.82) is 0 Å². The lowest BCUT2D eigenvalue weighted by Gasteiger charge is -2.34. The number of guanidine groups is 1. The van der Waals surface area contributed by atoms with Crippen LogP contribution in [0.1, 0.15) is 18.4 Å². The molecule has 0 aliphatic carbocycles. The number of hydrogen-bond donors (Lipinski definition) is 2. The molecule has 0 radical (unpaired) electrons. The number of aliphatic imine (C=N–C) groups is 1. The number of nitrogens with one attached hydrogen (secondary N) is 2. The zero-order valence-electron chi connectivity index (χ0n) is 19.8. The SMILES string of the molecule is CN=C(NCc1ccc(-n2cncn2)cc1)NC1CCN(c2cc(OC)cc(OC)c2)CC1.I. The zero-order chi connectivity index (χ0) is 23.0. The van der Waals surface area contributed by atoms with E-state index >= 15 is 0 Å². The Morgan fingerprint density at radius 1 is 1.03 bits per heavy atom. The monoisotopic (exact) mass is 577 g/mol. The van der Waals surface area contributed by atoms with Crippen LogP contribution in [-0.4, -0.2) is 61.1 Å². The number of anilines is 1. The molecule has 182 valence electrons. The van der Waals surface area contributed by atoms with Gasteiger partial charge in [-0.25, -0.2) is 9.67 Å². The molecule has 9 nitrogen and oxygen atoms in total. The number of rotatable bonds is 7. The van der Waals surface area contributed by atoms with Crippen LogP contribution in [-0.2, 0) is 6.54 Å². The van der Waals surface area contributed by atoms with Gasteiger partial charge in [-0.05, 0) is 30.5 Å². The maximum atomic E-state index is 5.42. The molecule has 1 aliphatic rings. The highest BCUT2D eigenvalue weighted by Gasteiger charge is 2.21. The fourth-order valence-electron chi connectivity index (χ4n) is 3.94. The molecule has 0 unspecified atom stereocenters. The van der Waals surface area contributed by atoms with Crippen LogP contribution in [0.15, 0.2) is 60.1 Å². The van der Waals surface area contributed by atoms with Crippen molar-refractivity contribution >= 4 is 35.6 Å². The molecule has 1 aliphatic heterocycles. The molecule has 2 N–H and O–H groups in total. The molecule has 2 aromatic carbocycles. The number of benzene rings is 2. The second kappa shape index (κ2) is 12.4. The van der Waals surface area contributed by atoms with Gasteiger partial charge in [0.2, 0.25) is 0 Å². The van der Waals surface area contributed by atoms with E-state index in [4.69, 9.17) is 9.47 Å². The Hall–Kier alpha value is -3.02. The van der Waals surface area contributed by atoms with E-state index in [0.29, 0.717) is 12.6 Å². The molecule has 0 atom stereocenters. The molecule has 0 bridgehead atoms. The van der Waals surface area contributed by atoms with Gasteiger partial charge in [-0.2, -0.15) is 5.10 Å². The van der Waals surface area contributed by atoms with Crippen LogP contribution < -0.4 is 25.0 Å². The van der Waals surface area contributed by atoms with E-state index in [0.717, 1.165) is 54.8 Å². The van der Waals surface area contributed by atoms with E-state index in [1.54, 1.807) is 32.3 Å². The Balaban J connectivity index is 0.00000324. The van der Waals surface area contributed by atoms with Crippen LogP contribution in [0.25, 0.3) is 5.69 Å². The van der Waals surface area contributed by atoms with Crippen molar-refractivity contribution in [3.05, 3.63) is 60.7 Å². The molecular weight excluding hydrogens is 545 g/mol. The number of ether oxygens (including phenoxy) is 2. The Morgan fingerprint density at radius 3 is 2.26 bits per heavy atom. The van der Waals surface area contributed by atoms with Gasteiger partial charge in [0.05, 0.1) is 19.9 Å². The number of halogens is 1. The molecule has 0 amide bonds. The van der Waals surface area contributed by atoms with Crippen molar-refractivity contribution in [2.75, 3.05) is 39.3 Å². The fraction of sp³-hybridized carbons (Fsp3) is 0.375. The van der Waals surface area contributed by atoms with E-state index in [1.807, 2.05) is 18.2 Å². The minimum atomic E-state index is 0. The molecule has 4 rings (SSSR count). The van der Waals surface area contributed by atoms with Crippen LogP contribution in [0.4, 0.5) is 5.69 Å². The zero-order valence-corrected chi connectivity index (χ0v) is 22.1. The standard InChI is InChI=1S/C24H31N7O2.HI/c1-25-24(27-15-18-4-6-20(7-5-18)31-17-26-16-28-31)29-19-8-10-30(11-9-19)21-12-22(32-2)14-23(13-21)33-3;/h4-7,12-14,16-17,19H,8-11,15H2,1-3H3,(H2,25,27,29);1H. The first-order valence-electron chi connectivity index (χ1n) is 11.1. The van der Waals surface area contributed by atoms with Crippen molar-refractivity contribution < 1.29 is 9.47 Å². The topological polar surface area (TPSA) is 88.8 Å². The van der Waals surface area contributed by atoms with E-state index in [-0.39, 0.29) is 24.0 Å². The van der Waals surface area contributed by atoms with Gasteiger partial charge in [-0.1, -0.05) is 12.1 Å². The van der Waals surface area contributed by atoms with Gasteiger partial charge in [0.1, 0.15) is 24.2 Å². The summed E-state index contributed by atoms with van der Waals surface area (Å²) in [4.78, 5) is 10.8. The highest BCUT2D eigenvalue weighted by Crippen LogP contribution is 2.30. The first kappa shape index (κ1) is 25.6. The Bertz CT molecular complexity index is 1030. The molecule has 1 saturated heterocycles. The maximum absolute atomic E-state index is 5.42. The van der Waals surface area contributed by atoms with E-state index in [1.165, 1.54) is 11.9 Å². The number of methoxy groups -OCH3 is 2. The summed E-state index contributed by atoms with van der Waals surface area (Å²) < 4.78 is 12.6. The minimum Gasteiger partial charge on any atom is -0.497 e. The second-order valence-corrected chi connectivity index (χ2v) is 7.91. The molecular formula is C24H32IN7O2. The van der Waals surface area contributed by atoms with Crippen molar-refractivity contribution in [2.45, 2.75) is 25.4 Å². The Labute approximate surface area is 217 Å². The molecule has 34 heavy (non-hydrogen) atoms. The smallest absolute Gasteiger partial charge is 0.191 e. The largest absolute Gasteiger partial charge is 0.497 e. The predicted octanol–water partition coefficient (Wildman–Crippen LogP) is 3.24. The van der Waals surface area contributed by atoms with Gasteiger partial charge in [0.25, 0.3) is 0 Å². The van der Waals surface area contributed by atoms with Gasteiger partial charge < -0.3 is 25.0 Å². The third-order valence-electron chi connectivity index (χ3n) is 5.84. The highest BCUT2D eigenvalue weighted by molar-refractivity contribution is 14.0.